The van der Waals surface area contributed by atoms with Crippen molar-refractivity contribution >= 4 is 12.2 Å². The first-order chi connectivity index (χ1) is 8.27. The zero-order valence-corrected chi connectivity index (χ0v) is 9.89. The Kier molecular flexibility index (Phi) is 4.06. The van der Waals surface area contributed by atoms with E-state index in [4.69, 9.17) is 9.47 Å². The summed E-state index contributed by atoms with van der Waals surface area (Å²) in [6, 6.07) is 0. The molecule has 96 valence electrons. The lowest BCUT2D eigenvalue weighted by Gasteiger charge is -2.06. The molecule has 0 aromatic heterocycles. The van der Waals surface area contributed by atoms with Gasteiger partial charge in [0.1, 0.15) is 0 Å². The van der Waals surface area contributed by atoms with Crippen molar-refractivity contribution in [2.24, 2.45) is 0 Å². The lowest BCUT2D eigenvalue weighted by molar-refractivity contribution is 0.122. The fraction of sp³-hybridized carbons (Fsp3) is 0.818. The van der Waals surface area contributed by atoms with Crippen LogP contribution >= 0.6 is 0 Å². The van der Waals surface area contributed by atoms with Crippen molar-refractivity contribution < 1.29 is 19.1 Å². The zero-order valence-electron chi connectivity index (χ0n) is 9.89. The maximum Gasteiger partial charge on any atom is 0.409 e. The normalized spacial score (nSPS) is 16.7. The summed E-state index contributed by atoms with van der Waals surface area (Å²) >= 11 is 0. The molecule has 6 heteroatoms. The molecule has 17 heavy (non-hydrogen) atoms. The van der Waals surface area contributed by atoms with Gasteiger partial charge in [-0.15, -0.1) is 0 Å². The first-order valence-corrected chi connectivity index (χ1v) is 6.11. The summed E-state index contributed by atoms with van der Waals surface area (Å²) in [4.78, 5) is 25.5. The Hall–Kier alpha value is -1.46. The van der Waals surface area contributed by atoms with Crippen molar-refractivity contribution in [2.45, 2.75) is 19.3 Å². The molecule has 0 saturated carbocycles. The molecule has 0 aromatic rings. The molecule has 0 atom stereocenters. The van der Waals surface area contributed by atoms with Crippen molar-refractivity contribution in [1.82, 2.24) is 9.80 Å². The third-order valence-electron chi connectivity index (χ3n) is 2.65. The van der Waals surface area contributed by atoms with Crippen molar-refractivity contribution in [1.29, 1.82) is 0 Å². The highest BCUT2D eigenvalue weighted by Gasteiger charge is 2.25. The van der Waals surface area contributed by atoms with E-state index < -0.39 is 0 Å². The Balaban J connectivity index is 1.36. The van der Waals surface area contributed by atoms with E-state index in [1.165, 1.54) is 0 Å². The van der Waals surface area contributed by atoms with Crippen LogP contribution in [0.25, 0.3) is 0 Å². The van der Waals surface area contributed by atoms with Crippen LogP contribution in [0.2, 0.25) is 0 Å². The van der Waals surface area contributed by atoms with Gasteiger partial charge in [0.2, 0.25) is 0 Å². The minimum Gasteiger partial charge on any atom is -0.449 e. The Morgan fingerprint density at radius 3 is 1.53 bits per heavy atom. The van der Waals surface area contributed by atoms with Gasteiger partial charge in [-0.3, -0.25) is 0 Å². The van der Waals surface area contributed by atoms with E-state index in [1.54, 1.807) is 9.80 Å². The van der Waals surface area contributed by atoms with Crippen LogP contribution in [0.15, 0.2) is 0 Å². The molecule has 0 spiro atoms. The van der Waals surface area contributed by atoms with Gasteiger partial charge >= 0.3 is 12.2 Å². The van der Waals surface area contributed by atoms with Crippen molar-refractivity contribution in [2.75, 3.05) is 39.4 Å². The van der Waals surface area contributed by atoms with Crippen molar-refractivity contribution in [3.05, 3.63) is 0 Å². The number of amides is 2. The molecule has 0 aromatic carbocycles. The van der Waals surface area contributed by atoms with Gasteiger partial charge in [0.05, 0.1) is 13.2 Å². The molecule has 2 heterocycles. The summed E-state index contributed by atoms with van der Waals surface area (Å²) < 4.78 is 10.0. The minimum absolute atomic E-state index is 0.210. The van der Waals surface area contributed by atoms with E-state index in [9.17, 15) is 9.59 Å². The van der Waals surface area contributed by atoms with E-state index in [-0.39, 0.29) is 12.2 Å². The summed E-state index contributed by atoms with van der Waals surface area (Å²) in [6.07, 6.45) is 2.12. The van der Waals surface area contributed by atoms with Crippen LogP contribution in [-0.2, 0) is 9.47 Å². The number of rotatable bonds is 6. The second-order valence-electron chi connectivity index (χ2n) is 4.26. The second-order valence-corrected chi connectivity index (χ2v) is 4.26. The highest BCUT2D eigenvalue weighted by Crippen LogP contribution is 2.08. The molecule has 0 radical (unpaired) electrons. The van der Waals surface area contributed by atoms with E-state index in [0.717, 1.165) is 45.4 Å². The predicted molar refractivity (Wildman–Crippen MR) is 59.7 cm³/mol. The summed E-state index contributed by atoms with van der Waals surface area (Å²) in [5.41, 5.74) is 0. The maximum absolute atomic E-state index is 11.1. The molecular formula is C11H18N2O4. The van der Waals surface area contributed by atoms with E-state index in [2.05, 4.69) is 0 Å². The van der Waals surface area contributed by atoms with Gasteiger partial charge in [0, 0.05) is 26.2 Å². The van der Waals surface area contributed by atoms with Gasteiger partial charge in [0.25, 0.3) is 0 Å². The number of unbranched alkanes of at least 4 members (excludes halogenated alkanes) is 2. The number of ether oxygens (including phenoxy) is 2. The van der Waals surface area contributed by atoms with Gasteiger partial charge in [-0.1, -0.05) is 0 Å². The Labute approximate surface area is 100 Å². The average Bonchev–Trinajstić information content (AvgIpc) is 3.20. The quantitative estimate of drug-likeness (QED) is 0.516. The highest BCUT2D eigenvalue weighted by atomic mass is 16.6. The minimum atomic E-state index is -0.210. The summed E-state index contributed by atoms with van der Waals surface area (Å²) in [5.74, 6) is 0. The largest absolute Gasteiger partial charge is 0.449 e. The molecule has 2 fully saturated rings. The molecule has 0 aliphatic carbocycles. The number of hydrogen-bond acceptors (Lipinski definition) is 4. The van der Waals surface area contributed by atoms with E-state index >= 15 is 0 Å². The Morgan fingerprint density at radius 1 is 0.765 bits per heavy atom. The number of carbonyl (C=O) groups excluding carboxylic acids is 2. The van der Waals surface area contributed by atoms with Gasteiger partial charge in [-0.05, 0) is 19.3 Å². The number of nitrogens with zero attached hydrogens (tertiary/aromatic N) is 2. The Bertz CT molecular complexity index is 259. The number of hydrogen-bond donors (Lipinski definition) is 0. The summed E-state index contributed by atoms with van der Waals surface area (Å²) in [7, 11) is 0. The van der Waals surface area contributed by atoms with Crippen molar-refractivity contribution in [3.8, 4) is 0 Å². The monoisotopic (exact) mass is 242 g/mol. The van der Waals surface area contributed by atoms with Crippen LogP contribution in [0.5, 0.6) is 0 Å². The third-order valence-corrected chi connectivity index (χ3v) is 2.65. The molecule has 6 nitrogen and oxygen atoms in total. The molecule has 2 aliphatic rings. The molecule has 2 aliphatic heterocycles. The van der Waals surface area contributed by atoms with Gasteiger partial charge in [-0.2, -0.15) is 0 Å². The standard InChI is InChI=1S/C11H18N2O4/c14-10(12-4-5-12)16-8-2-1-3-9-17-11(15)13-6-7-13/h1-9H2. The Morgan fingerprint density at radius 2 is 1.18 bits per heavy atom. The maximum atomic E-state index is 11.1. The highest BCUT2D eigenvalue weighted by molar-refractivity contribution is 5.70. The molecule has 0 N–H and O–H groups in total. The van der Waals surface area contributed by atoms with Crippen LogP contribution in [0.3, 0.4) is 0 Å². The summed E-state index contributed by atoms with van der Waals surface area (Å²) in [6.45, 7) is 4.21. The smallest absolute Gasteiger partial charge is 0.409 e. The average molecular weight is 242 g/mol. The molecule has 2 amide bonds. The first kappa shape index (κ1) is 12.0. The fourth-order valence-electron chi connectivity index (χ4n) is 1.35. The topological polar surface area (TPSA) is 58.6 Å². The van der Waals surface area contributed by atoms with Crippen LogP contribution in [0, 0.1) is 0 Å². The fourth-order valence-corrected chi connectivity index (χ4v) is 1.35. The van der Waals surface area contributed by atoms with E-state index in [0.29, 0.717) is 13.2 Å². The van der Waals surface area contributed by atoms with Gasteiger partial charge in [0.15, 0.2) is 0 Å². The van der Waals surface area contributed by atoms with Crippen LogP contribution < -0.4 is 0 Å². The van der Waals surface area contributed by atoms with Crippen molar-refractivity contribution in [3.63, 3.8) is 0 Å². The zero-order chi connectivity index (χ0) is 12.1. The molecule has 2 saturated heterocycles. The van der Waals surface area contributed by atoms with E-state index in [1.807, 2.05) is 0 Å². The number of carbonyl (C=O) groups is 2. The second kappa shape index (κ2) is 5.75. The SMILES string of the molecule is O=C(OCCCCCOC(=O)N1CC1)N1CC1. The van der Waals surface area contributed by atoms with Gasteiger partial charge < -0.3 is 19.3 Å². The lowest BCUT2D eigenvalue weighted by Crippen LogP contribution is -2.14. The van der Waals surface area contributed by atoms with Crippen LogP contribution in [-0.4, -0.2) is 61.4 Å². The molecular weight excluding hydrogens is 224 g/mol. The van der Waals surface area contributed by atoms with Crippen LogP contribution in [0.1, 0.15) is 19.3 Å². The molecule has 0 bridgehead atoms. The summed E-state index contributed by atoms with van der Waals surface area (Å²) in [5, 5.41) is 0. The predicted octanol–water partition coefficient (Wildman–Crippen LogP) is 1.06. The molecule has 0 unspecified atom stereocenters. The van der Waals surface area contributed by atoms with Gasteiger partial charge in [-0.25, -0.2) is 9.59 Å². The lowest BCUT2D eigenvalue weighted by atomic mass is 10.2. The van der Waals surface area contributed by atoms with Crippen LogP contribution in [0.4, 0.5) is 9.59 Å². The third kappa shape index (κ3) is 4.50. The molecule has 2 rings (SSSR count). The first-order valence-electron chi connectivity index (χ1n) is 6.11.